The largest absolute Gasteiger partial charge is 0.494 e. The first kappa shape index (κ1) is 13.9. The summed E-state index contributed by atoms with van der Waals surface area (Å²) in [6, 6.07) is 5.00. The number of nitrogens with one attached hydrogen (secondary N) is 1. The molecule has 0 amide bonds. The van der Waals surface area contributed by atoms with Crippen LogP contribution in [0.15, 0.2) is 18.2 Å². The lowest BCUT2D eigenvalue weighted by Gasteiger charge is -2.07. The maximum atomic E-state index is 13.4. The van der Waals surface area contributed by atoms with Crippen LogP contribution in [-0.2, 0) is 11.3 Å². The Hall–Kier alpha value is -1.13. The average molecular weight is 241 g/mol. The van der Waals surface area contributed by atoms with Gasteiger partial charge in [-0.05, 0) is 37.6 Å². The molecule has 1 aromatic rings. The summed E-state index contributed by atoms with van der Waals surface area (Å²) >= 11 is 0. The first-order chi connectivity index (χ1) is 8.27. The predicted molar refractivity (Wildman–Crippen MR) is 65.8 cm³/mol. The van der Waals surface area contributed by atoms with Gasteiger partial charge in [0.05, 0.1) is 7.11 Å². The van der Waals surface area contributed by atoms with Crippen LogP contribution in [0.3, 0.4) is 0 Å². The molecular formula is C13H20FNO2. The van der Waals surface area contributed by atoms with E-state index in [1.165, 1.54) is 13.2 Å². The maximum absolute atomic E-state index is 13.4. The van der Waals surface area contributed by atoms with Crippen molar-refractivity contribution in [2.45, 2.75) is 19.9 Å². The van der Waals surface area contributed by atoms with Crippen molar-refractivity contribution in [2.75, 3.05) is 26.9 Å². The van der Waals surface area contributed by atoms with Crippen LogP contribution in [0, 0.1) is 5.82 Å². The molecule has 0 aromatic heterocycles. The van der Waals surface area contributed by atoms with E-state index in [0.29, 0.717) is 6.54 Å². The average Bonchev–Trinajstić information content (AvgIpc) is 2.34. The first-order valence-electron chi connectivity index (χ1n) is 5.88. The highest BCUT2D eigenvalue weighted by Crippen LogP contribution is 2.17. The SMILES string of the molecule is CCOCCCNCc1ccc(OC)c(F)c1. The third kappa shape index (κ3) is 5.15. The molecule has 0 atom stereocenters. The summed E-state index contributed by atoms with van der Waals surface area (Å²) in [7, 11) is 1.46. The monoisotopic (exact) mass is 241 g/mol. The molecule has 0 aliphatic carbocycles. The third-order valence-corrected chi connectivity index (χ3v) is 2.39. The minimum atomic E-state index is -0.318. The molecule has 0 heterocycles. The Kier molecular flexibility index (Phi) is 6.58. The lowest BCUT2D eigenvalue weighted by atomic mass is 10.2. The number of ether oxygens (including phenoxy) is 2. The highest BCUT2D eigenvalue weighted by molar-refractivity contribution is 5.29. The van der Waals surface area contributed by atoms with Gasteiger partial charge in [0.25, 0.3) is 0 Å². The maximum Gasteiger partial charge on any atom is 0.165 e. The smallest absolute Gasteiger partial charge is 0.165 e. The molecule has 1 aromatic carbocycles. The van der Waals surface area contributed by atoms with E-state index in [1.54, 1.807) is 6.07 Å². The van der Waals surface area contributed by atoms with Gasteiger partial charge in [0.15, 0.2) is 11.6 Å². The molecule has 0 aliphatic heterocycles. The fourth-order valence-corrected chi connectivity index (χ4v) is 1.50. The minimum absolute atomic E-state index is 0.282. The molecule has 0 radical (unpaired) electrons. The van der Waals surface area contributed by atoms with Crippen LogP contribution in [0.5, 0.6) is 5.75 Å². The Morgan fingerprint density at radius 2 is 2.18 bits per heavy atom. The normalized spacial score (nSPS) is 10.5. The second-order valence-corrected chi connectivity index (χ2v) is 3.70. The second kappa shape index (κ2) is 8.03. The molecule has 1 rings (SSSR count). The topological polar surface area (TPSA) is 30.5 Å². The van der Waals surface area contributed by atoms with Crippen molar-refractivity contribution in [3.05, 3.63) is 29.6 Å². The van der Waals surface area contributed by atoms with Crippen LogP contribution in [-0.4, -0.2) is 26.9 Å². The van der Waals surface area contributed by atoms with E-state index in [2.05, 4.69) is 5.32 Å². The Morgan fingerprint density at radius 3 is 2.82 bits per heavy atom. The van der Waals surface area contributed by atoms with Crippen molar-refractivity contribution in [1.29, 1.82) is 0 Å². The van der Waals surface area contributed by atoms with Gasteiger partial charge >= 0.3 is 0 Å². The number of methoxy groups -OCH3 is 1. The van der Waals surface area contributed by atoms with Crippen molar-refractivity contribution in [3.8, 4) is 5.75 Å². The molecule has 17 heavy (non-hydrogen) atoms. The highest BCUT2D eigenvalue weighted by atomic mass is 19.1. The van der Waals surface area contributed by atoms with Gasteiger partial charge in [0, 0.05) is 19.8 Å². The van der Waals surface area contributed by atoms with Crippen molar-refractivity contribution in [3.63, 3.8) is 0 Å². The van der Waals surface area contributed by atoms with E-state index in [1.807, 2.05) is 13.0 Å². The zero-order valence-corrected chi connectivity index (χ0v) is 10.5. The van der Waals surface area contributed by atoms with Gasteiger partial charge < -0.3 is 14.8 Å². The van der Waals surface area contributed by atoms with Crippen molar-refractivity contribution >= 4 is 0 Å². The van der Waals surface area contributed by atoms with E-state index < -0.39 is 0 Å². The van der Waals surface area contributed by atoms with Gasteiger partial charge in [-0.1, -0.05) is 6.07 Å². The first-order valence-corrected chi connectivity index (χ1v) is 5.88. The Morgan fingerprint density at radius 1 is 1.35 bits per heavy atom. The second-order valence-electron chi connectivity index (χ2n) is 3.70. The van der Waals surface area contributed by atoms with E-state index >= 15 is 0 Å². The van der Waals surface area contributed by atoms with Gasteiger partial charge in [0.2, 0.25) is 0 Å². The predicted octanol–water partition coefficient (Wildman–Crippen LogP) is 2.35. The lowest BCUT2D eigenvalue weighted by Crippen LogP contribution is -2.16. The van der Waals surface area contributed by atoms with Gasteiger partial charge in [-0.2, -0.15) is 0 Å². The molecule has 96 valence electrons. The Bertz CT molecular complexity index is 331. The molecule has 0 bridgehead atoms. The van der Waals surface area contributed by atoms with Crippen LogP contribution in [0.2, 0.25) is 0 Å². The summed E-state index contributed by atoms with van der Waals surface area (Å²) in [5, 5.41) is 3.24. The summed E-state index contributed by atoms with van der Waals surface area (Å²) in [6.07, 6.45) is 0.965. The van der Waals surface area contributed by atoms with Gasteiger partial charge in [-0.15, -0.1) is 0 Å². The van der Waals surface area contributed by atoms with Crippen LogP contribution < -0.4 is 10.1 Å². The fraction of sp³-hybridized carbons (Fsp3) is 0.538. The van der Waals surface area contributed by atoms with Gasteiger partial charge in [0.1, 0.15) is 0 Å². The van der Waals surface area contributed by atoms with E-state index in [0.717, 1.165) is 31.7 Å². The number of benzene rings is 1. The number of hydrogen-bond donors (Lipinski definition) is 1. The van der Waals surface area contributed by atoms with Crippen LogP contribution in [0.1, 0.15) is 18.9 Å². The van der Waals surface area contributed by atoms with E-state index in [9.17, 15) is 4.39 Å². The third-order valence-electron chi connectivity index (χ3n) is 2.39. The van der Waals surface area contributed by atoms with Crippen molar-refractivity contribution in [1.82, 2.24) is 5.32 Å². The van der Waals surface area contributed by atoms with E-state index in [-0.39, 0.29) is 11.6 Å². The van der Waals surface area contributed by atoms with Crippen LogP contribution in [0.4, 0.5) is 4.39 Å². The van der Waals surface area contributed by atoms with Crippen molar-refractivity contribution in [2.24, 2.45) is 0 Å². The highest BCUT2D eigenvalue weighted by Gasteiger charge is 2.02. The quantitative estimate of drug-likeness (QED) is 0.709. The molecule has 0 saturated heterocycles. The molecule has 0 spiro atoms. The van der Waals surface area contributed by atoms with Gasteiger partial charge in [-0.25, -0.2) is 4.39 Å². The molecule has 0 fully saturated rings. The minimum Gasteiger partial charge on any atom is -0.494 e. The molecule has 3 nitrogen and oxygen atoms in total. The number of hydrogen-bond acceptors (Lipinski definition) is 3. The molecular weight excluding hydrogens is 221 g/mol. The Balaban J connectivity index is 2.25. The number of halogens is 1. The fourth-order valence-electron chi connectivity index (χ4n) is 1.50. The summed E-state index contributed by atoms with van der Waals surface area (Å²) in [5.41, 5.74) is 0.916. The molecule has 4 heteroatoms. The molecule has 0 saturated carbocycles. The summed E-state index contributed by atoms with van der Waals surface area (Å²) in [4.78, 5) is 0. The zero-order valence-electron chi connectivity index (χ0n) is 10.5. The standard InChI is InChI=1S/C13H20FNO2/c1-3-17-8-4-7-15-10-11-5-6-13(16-2)12(14)9-11/h5-6,9,15H,3-4,7-8,10H2,1-2H3. The Labute approximate surface area is 102 Å². The lowest BCUT2D eigenvalue weighted by molar-refractivity contribution is 0.144. The summed E-state index contributed by atoms with van der Waals surface area (Å²) in [5.74, 6) is -0.0359. The molecule has 1 N–H and O–H groups in total. The van der Waals surface area contributed by atoms with E-state index in [4.69, 9.17) is 9.47 Å². The summed E-state index contributed by atoms with van der Waals surface area (Å²) in [6.45, 7) is 5.03. The number of rotatable bonds is 8. The van der Waals surface area contributed by atoms with Gasteiger partial charge in [-0.3, -0.25) is 0 Å². The van der Waals surface area contributed by atoms with Crippen molar-refractivity contribution < 1.29 is 13.9 Å². The molecule has 0 unspecified atom stereocenters. The molecule has 0 aliphatic rings. The van der Waals surface area contributed by atoms with Crippen LogP contribution >= 0.6 is 0 Å². The summed E-state index contributed by atoms with van der Waals surface area (Å²) < 4.78 is 23.4. The van der Waals surface area contributed by atoms with Crippen LogP contribution in [0.25, 0.3) is 0 Å². The zero-order chi connectivity index (χ0) is 12.5.